The lowest BCUT2D eigenvalue weighted by Crippen LogP contribution is -2.11. The van der Waals surface area contributed by atoms with Gasteiger partial charge in [0.25, 0.3) is 0 Å². The molecular weight excluding hydrogens is 500 g/mol. The second-order valence-electron chi connectivity index (χ2n) is 8.78. The van der Waals surface area contributed by atoms with Crippen LogP contribution in [0.1, 0.15) is 55.7 Å². The molecular formula is C35H32O5. The van der Waals surface area contributed by atoms with Gasteiger partial charge in [-0.25, -0.2) is 0 Å². The zero-order valence-corrected chi connectivity index (χ0v) is 21.9. The third-order valence-electron chi connectivity index (χ3n) is 5.94. The molecule has 0 saturated heterocycles. The molecule has 5 aromatic rings. The molecule has 0 fully saturated rings. The quantitative estimate of drug-likeness (QED) is 0.163. The third kappa shape index (κ3) is 9.26. The molecule has 0 spiro atoms. The molecule has 3 unspecified atom stereocenters. The molecule has 0 amide bonds. The van der Waals surface area contributed by atoms with E-state index < -0.39 is 18.3 Å². The van der Waals surface area contributed by atoms with Gasteiger partial charge in [-0.15, -0.1) is 0 Å². The van der Waals surface area contributed by atoms with Gasteiger partial charge >= 0.3 is 0 Å². The van der Waals surface area contributed by atoms with Gasteiger partial charge in [0, 0.05) is 11.1 Å². The fourth-order valence-corrected chi connectivity index (χ4v) is 3.74. The van der Waals surface area contributed by atoms with Crippen molar-refractivity contribution in [3.63, 3.8) is 0 Å². The molecule has 5 rings (SSSR count). The van der Waals surface area contributed by atoms with Crippen LogP contribution in [0.3, 0.4) is 0 Å². The van der Waals surface area contributed by atoms with E-state index in [4.69, 9.17) is 0 Å². The first-order chi connectivity index (χ1) is 19.5. The van der Waals surface area contributed by atoms with Crippen molar-refractivity contribution in [2.45, 2.75) is 18.3 Å². The van der Waals surface area contributed by atoms with E-state index in [1.165, 1.54) is 0 Å². The summed E-state index contributed by atoms with van der Waals surface area (Å²) < 4.78 is 0. The van der Waals surface area contributed by atoms with Crippen molar-refractivity contribution < 1.29 is 24.9 Å². The first-order valence-electron chi connectivity index (χ1n) is 12.8. The molecule has 5 nitrogen and oxygen atoms in total. The highest BCUT2D eigenvalue weighted by atomic mass is 16.3. The summed E-state index contributed by atoms with van der Waals surface area (Å²) in [4.78, 5) is 21.9. The Morgan fingerprint density at radius 2 is 0.800 bits per heavy atom. The molecule has 0 aromatic heterocycles. The maximum atomic E-state index is 11.9. The van der Waals surface area contributed by atoms with Crippen LogP contribution in [0, 0.1) is 0 Å². The van der Waals surface area contributed by atoms with Crippen LogP contribution >= 0.6 is 0 Å². The van der Waals surface area contributed by atoms with Gasteiger partial charge in [0.05, 0.1) is 0 Å². The number of rotatable bonds is 7. The van der Waals surface area contributed by atoms with Crippen molar-refractivity contribution in [3.05, 3.63) is 179 Å². The van der Waals surface area contributed by atoms with Crippen LogP contribution in [-0.4, -0.2) is 27.4 Å². The number of aliphatic hydroxyl groups is 3. The predicted molar refractivity (Wildman–Crippen MR) is 157 cm³/mol. The van der Waals surface area contributed by atoms with Crippen LogP contribution in [0.25, 0.3) is 0 Å². The average Bonchev–Trinajstić information content (AvgIpc) is 3.06. The molecule has 5 aromatic carbocycles. The van der Waals surface area contributed by atoms with Gasteiger partial charge in [-0.2, -0.15) is 0 Å². The molecule has 5 heteroatoms. The number of aldehydes is 1. The number of ketones is 1. The topological polar surface area (TPSA) is 94.8 Å². The van der Waals surface area contributed by atoms with E-state index in [0.717, 1.165) is 23.0 Å². The number of hydrogen-bond acceptors (Lipinski definition) is 5. The van der Waals surface area contributed by atoms with Crippen molar-refractivity contribution in [2.24, 2.45) is 0 Å². The lowest BCUT2D eigenvalue weighted by Gasteiger charge is -2.18. The first-order valence-corrected chi connectivity index (χ1v) is 12.8. The average molecular weight is 533 g/mol. The summed E-state index contributed by atoms with van der Waals surface area (Å²) in [6, 6.07) is 45.2. The van der Waals surface area contributed by atoms with Gasteiger partial charge in [0.2, 0.25) is 0 Å². The highest BCUT2D eigenvalue weighted by Gasteiger charge is 2.19. The van der Waals surface area contributed by atoms with Gasteiger partial charge in [-0.3, -0.25) is 9.59 Å². The molecule has 3 atom stereocenters. The summed E-state index contributed by atoms with van der Waals surface area (Å²) in [6.45, 7) is 0. The molecule has 0 saturated carbocycles. The lowest BCUT2D eigenvalue weighted by atomic mass is 9.99. The number of carbonyl (C=O) groups is 2. The van der Waals surface area contributed by atoms with E-state index in [1.807, 2.05) is 66.7 Å². The molecule has 202 valence electrons. The van der Waals surface area contributed by atoms with E-state index in [-0.39, 0.29) is 5.78 Å². The number of Topliss-reactive ketones (excluding diaryl/α,β-unsaturated/α-hetero) is 1. The van der Waals surface area contributed by atoms with Crippen molar-refractivity contribution in [2.75, 3.05) is 0 Å². The van der Waals surface area contributed by atoms with Gasteiger partial charge in [-0.1, -0.05) is 152 Å². The maximum Gasteiger partial charge on any atom is 0.195 e. The minimum absolute atomic E-state index is 0.271. The van der Waals surface area contributed by atoms with E-state index >= 15 is 0 Å². The molecule has 3 N–H and O–H groups in total. The molecule has 0 heterocycles. The first kappa shape index (κ1) is 29.9. The van der Waals surface area contributed by atoms with Crippen LogP contribution in [0.15, 0.2) is 152 Å². The normalized spacial score (nSPS) is 12.3. The Labute approximate surface area is 234 Å². The predicted octanol–water partition coefficient (Wildman–Crippen LogP) is 6.56. The minimum Gasteiger partial charge on any atom is -0.385 e. The van der Waals surface area contributed by atoms with Crippen LogP contribution in [0.4, 0.5) is 0 Å². The highest BCUT2D eigenvalue weighted by molar-refractivity contribution is 5.99. The summed E-state index contributed by atoms with van der Waals surface area (Å²) in [5, 5.41) is 29.9. The number of aliphatic hydroxyl groups excluding tert-OH is 3. The second kappa shape index (κ2) is 16.3. The van der Waals surface area contributed by atoms with Gasteiger partial charge in [0.1, 0.15) is 24.6 Å². The van der Waals surface area contributed by atoms with Crippen molar-refractivity contribution in [1.29, 1.82) is 0 Å². The van der Waals surface area contributed by atoms with E-state index in [9.17, 15) is 24.9 Å². The largest absolute Gasteiger partial charge is 0.385 e. The molecule has 0 aliphatic carbocycles. The molecule has 0 aliphatic rings. The number of hydrogen-bond donors (Lipinski definition) is 3. The molecule has 0 bridgehead atoms. The van der Waals surface area contributed by atoms with Crippen molar-refractivity contribution >= 4 is 12.1 Å². The molecule has 0 radical (unpaired) electrons. The Kier molecular flexibility index (Phi) is 12.2. The van der Waals surface area contributed by atoms with Crippen LogP contribution in [0.5, 0.6) is 0 Å². The van der Waals surface area contributed by atoms with Crippen molar-refractivity contribution in [1.82, 2.24) is 0 Å². The number of benzene rings is 5. The summed E-state index contributed by atoms with van der Waals surface area (Å²) in [5.41, 5.74) is 3.32. The van der Waals surface area contributed by atoms with E-state index in [1.54, 1.807) is 84.9 Å². The maximum absolute atomic E-state index is 11.9. The Morgan fingerprint density at radius 3 is 1.15 bits per heavy atom. The van der Waals surface area contributed by atoms with Crippen LogP contribution in [-0.2, 0) is 0 Å². The third-order valence-corrected chi connectivity index (χ3v) is 5.94. The van der Waals surface area contributed by atoms with Crippen LogP contribution in [0.2, 0.25) is 0 Å². The smallest absolute Gasteiger partial charge is 0.195 e. The second-order valence-corrected chi connectivity index (χ2v) is 8.78. The minimum atomic E-state index is -1.08. The van der Waals surface area contributed by atoms with E-state index in [2.05, 4.69) is 0 Å². The number of carbonyl (C=O) groups excluding carboxylic acids is 2. The Morgan fingerprint density at radius 1 is 0.475 bits per heavy atom. The summed E-state index contributed by atoms with van der Waals surface area (Å²) in [5.74, 6) is -0.271. The van der Waals surface area contributed by atoms with Gasteiger partial charge in [-0.05, 0) is 16.7 Å². The fraction of sp³-hybridized carbons (Fsp3) is 0.0857. The zero-order chi connectivity index (χ0) is 28.6. The highest BCUT2D eigenvalue weighted by Crippen LogP contribution is 2.28. The Bertz CT molecular complexity index is 1350. The lowest BCUT2D eigenvalue weighted by molar-refractivity contribution is 0.0172. The summed E-state index contributed by atoms with van der Waals surface area (Å²) >= 11 is 0. The molecule has 0 aliphatic heterocycles. The Balaban J connectivity index is 0.000000175. The molecule has 40 heavy (non-hydrogen) atoms. The van der Waals surface area contributed by atoms with Gasteiger partial charge in [0.15, 0.2) is 5.78 Å². The van der Waals surface area contributed by atoms with E-state index in [0.29, 0.717) is 11.1 Å². The van der Waals surface area contributed by atoms with Crippen LogP contribution < -0.4 is 0 Å². The summed E-state index contributed by atoms with van der Waals surface area (Å²) in [6.07, 6.45) is -2.02. The van der Waals surface area contributed by atoms with Gasteiger partial charge < -0.3 is 15.3 Å². The fourth-order valence-electron chi connectivity index (χ4n) is 3.74. The SMILES string of the molecule is O=C(c1ccccc1)C(O)c1ccccc1.O=Cc1ccccc1.OC(c1ccccc1)C(O)c1ccccc1. The summed E-state index contributed by atoms with van der Waals surface area (Å²) in [7, 11) is 0. The Hall–Kier alpha value is -4.68. The van der Waals surface area contributed by atoms with Crippen molar-refractivity contribution in [3.8, 4) is 0 Å². The zero-order valence-electron chi connectivity index (χ0n) is 21.9. The monoisotopic (exact) mass is 532 g/mol. The standard InChI is InChI=1S/C14H14O2.C14H12O2.C7H6O/c2*15-13(11-7-3-1-4-8-11)14(16)12-9-5-2-6-10-12;8-6-7-4-2-1-3-5-7/h1-10,13-16H;1-10,13,15H;1-6H.